The quantitative estimate of drug-likeness (QED) is 0.691. The number of aliphatic carboxylic acids is 1. The van der Waals surface area contributed by atoms with Gasteiger partial charge in [-0.2, -0.15) is 0 Å². The first-order valence-corrected chi connectivity index (χ1v) is 5.24. The largest absolute Gasteiger partial charge is 0.481 e. The molecule has 0 atom stereocenters. The number of carbonyl (C=O) groups is 2. The Bertz CT molecular complexity index is 494. The maximum atomic E-state index is 11.4. The average molecular weight is 254 g/mol. The van der Waals surface area contributed by atoms with Crippen LogP contribution in [0.4, 0.5) is 5.69 Å². The zero-order valence-electron chi connectivity index (χ0n) is 9.88. The second-order valence-corrected chi connectivity index (χ2v) is 3.56. The number of anilines is 1. The molecule has 0 aromatic carbocycles. The molecular weight excluding hydrogens is 240 g/mol. The smallest absolute Gasteiger partial charge is 0.312 e. The molecule has 1 heterocycles. The highest BCUT2D eigenvalue weighted by Crippen LogP contribution is 2.04. The highest BCUT2D eigenvalue weighted by Gasteiger charge is 2.08. The lowest BCUT2D eigenvalue weighted by atomic mass is 10.3. The number of carboxylic acid groups (broad SMARTS) is 1. The minimum absolute atomic E-state index is 0.219. The highest BCUT2D eigenvalue weighted by molar-refractivity contribution is 6.01. The van der Waals surface area contributed by atoms with E-state index in [0.29, 0.717) is 18.8 Å². The Morgan fingerprint density at radius 1 is 1.44 bits per heavy atom. The van der Waals surface area contributed by atoms with E-state index in [9.17, 15) is 14.4 Å². The molecule has 7 heteroatoms. The maximum absolute atomic E-state index is 11.4. The number of rotatable bonds is 6. The molecule has 0 fully saturated rings. The van der Waals surface area contributed by atoms with Crippen LogP contribution in [-0.2, 0) is 20.9 Å². The Labute approximate surface area is 103 Å². The summed E-state index contributed by atoms with van der Waals surface area (Å²) in [7, 11) is 1.52. The van der Waals surface area contributed by atoms with Gasteiger partial charge in [0, 0.05) is 25.9 Å². The number of aromatic nitrogens is 1. The van der Waals surface area contributed by atoms with Gasteiger partial charge in [-0.05, 0) is 6.07 Å². The molecule has 98 valence electrons. The Morgan fingerprint density at radius 3 is 2.78 bits per heavy atom. The monoisotopic (exact) mass is 254 g/mol. The highest BCUT2D eigenvalue weighted by atomic mass is 16.5. The Morgan fingerprint density at radius 2 is 2.17 bits per heavy atom. The van der Waals surface area contributed by atoms with Crippen molar-refractivity contribution in [2.75, 3.05) is 19.0 Å². The van der Waals surface area contributed by atoms with Crippen molar-refractivity contribution in [2.24, 2.45) is 0 Å². The van der Waals surface area contributed by atoms with Crippen LogP contribution in [0.5, 0.6) is 0 Å². The Balaban J connectivity index is 2.75. The van der Waals surface area contributed by atoms with Gasteiger partial charge in [-0.15, -0.1) is 0 Å². The molecule has 0 saturated carbocycles. The van der Waals surface area contributed by atoms with Crippen molar-refractivity contribution in [3.63, 3.8) is 0 Å². The van der Waals surface area contributed by atoms with Gasteiger partial charge in [0.15, 0.2) is 0 Å². The third-order valence-corrected chi connectivity index (χ3v) is 2.12. The van der Waals surface area contributed by atoms with Crippen molar-refractivity contribution >= 4 is 17.6 Å². The van der Waals surface area contributed by atoms with E-state index >= 15 is 0 Å². The molecule has 0 aliphatic carbocycles. The zero-order valence-corrected chi connectivity index (χ0v) is 9.88. The normalized spacial score (nSPS) is 10.1. The van der Waals surface area contributed by atoms with Gasteiger partial charge in [-0.1, -0.05) is 0 Å². The summed E-state index contributed by atoms with van der Waals surface area (Å²) in [6.45, 7) is 0.727. The molecule has 0 aliphatic rings. The number of carboxylic acids is 1. The molecule has 0 aliphatic heterocycles. The van der Waals surface area contributed by atoms with Crippen LogP contribution < -0.4 is 10.9 Å². The third kappa shape index (κ3) is 4.38. The molecule has 1 rings (SSSR count). The van der Waals surface area contributed by atoms with Crippen LogP contribution in [0.25, 0.3) is 0 Å². The van der Waals surface area contributed by atoms with E-state index in [4.69, 9.17) is 9.84 Å². The number of nitrogens with one attached hydrogen (secondary N) is 1. The van der Waals surface area contributed by atoms with Crippen molar-refractivity contribution in [2.45, 2.75) is 13.0 Å². The fourth-order valence-electron chi connectivity index (χ4n) is 1.31. The van der Waals surface area contributed by atoms with Gasteiger partial charge >= 0.3 is 5.97 Å². The summed E-state index contributed by atoms with van der Waals surface area (Å²) in [5, 5.41) is 10.8. The van der Waals surface area contributed by atoms with E-state index in [0.717, 1.165) is 0 Å². The van der Waals surface area contributed by atoms with Crippen LogP contribution in [0.2, 0.25) is 0 Å². The second kappa shape index (κ2) is 6.55. The molecule has 0 bridgehead atoms. The van der Waals surface area contributed by atoms with Gasteiger partial charge in [0.2, 0.25) is 5.91 Å². The second-order valence-electron chi connectivity index (χ2n) is 3.56. The molecule has 1 aromatic heterocycles. The maximum Gasteiger partial charge on any atom is 0.312 e. The van der Waals surface area contributed by atoms with Crippen LogP contribution in [0.3, 0.4) is 0 Å². The van der Waals surface area contributed by atoms with Gasteiger partial charge in [-0.3, -0.25) is 14.4 Å². The number of hydrogen-bond donors (Lipinski definition) is 2. The number of amides is 1. The van der Waals surface area contributed by atoms with Crippen LogP contribution in [-0.4, -0.2) is 35.3 Å². The summed E-state index contributed by atoms with van der Waals surface area (Å²) >= 11 is 0. The van der Waals surface area contributed by atoms with Crippen LogP contribution in [0, 0.1) is 0 Å². The van der Waals surface area contributed by atoms with Gasteiger partial charge < -0.3 is 19.7 Å². The summed E-state index contributed by atoms with van der Waals surface area (Å²) in [4.78, 5) is 33.0. The van der Waals surface area contributed by atoms with Gasteiger partial charge in [-0.25, -0.2) is 0 Å². The van der Waals surface area contributed by atoms with E-state index in [2.05, 4.69) is 5.32 Å². The lowest BCUT2D eigenvalue weighted by molar-refractivity contribution is -0.139. The van der Waals surface area contributed by atoms with Crippen LogP contribution in [0.1, 0.15) is 6.42 Å². The minimum Gasteiger partial charge on any atom is -0.481 e. The summed E-state index contributed by atoms with van der Waals surface area (Å²) < 4.78 is 6.22. The first kappa shape index (κ1) is 13.9. The molecule has 0 saturated heterocycles. The molecule has 2 N–H and O–H groups in total. The number of nitrogens with zero attached hydrogens (tertiary/aromatic N) is 1. The van der Waals surface area contributed by atoms with Crippen molar-refractivity contribution < 1.29 is 19.4 Å². The van der Waals surface area contributed by atoms with E-state index < -0.39 is 18.3 Å². The molecule has 0 radical (unpaired) electrons. The summed E-state index contributed by atoms with van der Waals surface area (Å²) in [5.74, 6) is -1.85. The number of methoxy groups -OCH3 is 1. The summed E-state index contributed by atoms with van der Waals surface area (Å²) in [6.07, 6.45) is 0.832. The van der Waals surface area contributed by atoms with Crippen molar-refractivity contribution in [1.29, 1.82) is 0 Å². The molecule has 0 spiro atoms. The lowest BCUT2D eigenvalue weighted by Gasteiger charge is -2.08. The zero-order chi connectivity index (χ0) is 13.5. The molecule has 0 unspecified atom stereocenters. The van der Waals surface area contributed by atoms with Gasteiger partial charge in [0.25, 0.3) is 5.56 Å². The van der Waals surface area contributed by atoms with E-state index in [-0.39, 0.29) is 5.56 Å². The minimum atomic E-state index is -1.21. The predicted molar refractivity (Wildman–Crippen MR) is 63.5 cm³/mol. The number of hydrogen-bond acceptors (Lipinski definition) is 4. The van der Waals surface area contributed by atoms with E-state index in [1.54, 1.807) is 0 Å². The fraction of sp³-hybridized carbons (Fsp3) is 0.364. The van der Waals surface area contributed by atoms with Gasteiger partial charge in [0.05, 0.1) is 12.3 Å². The Kier molecular flexibility index (Phi) is 5.06. The van der Waals surface area contributed by atoms with E-state index in [1.165, 1.54) is 30.0 Å². The van der Waals surface area contributed by atoms with Crippen LogP contribution >= 0.6 is 0 Å². The third-order valence-electron chi connectivity index (χ3n) is 2.12. The topological polar surface area (TPSA) is 97.6 Å². The average Bonchev–Trinajstić information content (AvgIpc) is 2.28. The first-order chi connectivity index (χ1) is 8.52. The number of pyridine rings is 1. The first-order valence-electron chi connectivity index (χ1n) is 5.24. The standard InChI is InChI=1S/C11H14N2O5/c1-18-5-4-13-7-8(2-3-10(13)15)12-9(14)6-11(16)17/h2-3,7H,4-6H2,1H3,(H,12,14)(H,16,17). The van der Waals surface area contributed by atoms with Crippen LogP contribution in [0.15, 0.2) is 23.1 Å². The Hall–Kier alpha value is -2.15. The molecule has 1 amide bonds. The number of ether oxygens (including phenoxy) is 1. The van der Waals surface area contributed by atoms with Gasteiger partial charge in [0.1, 0.15) is 6.42 Å². The molecule has 18 heavy (non-hydrogen) atoms. The predicted octanol–water partition coefficient (Wildman–Crippen LogP) is -0.0921. The molecule has 7 nitrogen and oxygen atoms in total. The molecule has 1 aromatic rings. The van der Waals surface area contributed by atoms with Crippen molar-refractivity contribution in [3.8, 4) is 0 Å². The number of carbonyl (C=O) groups excluding carboxylic acids is 1. The summed E-state index contributed by atoms with van der Waals surface area (Å²) in [6, 6.07) is 2.72. The van der Waals surface area contributed by atoms with Crippen molar-refractivity contribution in [3.05, 3.63) is 28.7 Å². The van der Waals surface area contributed by atoms with Crippen molar-refractivity contribution in [1.82, 2.24) is 4.57 Å². The lowest BCUT2D eigenvalue weighted by Crippen LogP contribution is -2.23. The summed E-state index contributed by atoms with van der Waals surface area (Å²) in [5.41, 5.74) is 0.153. The SMILES string of the molecule is COCCn1cc(NC(=O)CC(=O)O)ccc1=O. The molecular formula is C11H14N2O5. The van der Waals surface area contributed by atoms with E-state index in [1.807, 2.05) is 0 Å². The fourth-order valence-corrected chi connectivity index (χ4v) is 1.31.